The average molecular weight is 281 g/mol. The molecule has 0 aliphatic carbocycles. The summed E-state index contributed by atoms with van der Waals surface area (Å²) in [4.78, 5) is 19.6. The first-order valence-corrected chi connectivity index (χ1v) is 6.00. The zero-order chi connectivity index (χ0) is 14.0. The zero-order valence-corrected chi connectivity index (χ0v) is 11.5. The molecule has 7 heteroatoms. The Bertz CT molecular complexity index is 604. The Balaban J connectivity index is 2.22. The van der Waals surface area contributed by atoms with Gasteiger partial charge in [-0.2, -0.15) is 9.78 Å². The van der Waals surface area contributed by atoms with E-state index >= 15 is 0 Å². The Morgan fingerprint density at radius 2 is 2.16 bits per heavy atom. The van der Waals surface area contributed by atoms with Gasteiger partial charge >= 0.3 is 6.09 Å². The predicted molar refractivity (Wildman–Crippen MR) is 69.9 cm³/mol. The van der Waals surface area contributed by atoms with Crippen LogP contribution in [0.25, 0.3) is 11.3 Å². The standard InChI is InChI=1S/C12H13ClN4O2/c1-12(2,3)19-11(18)17-7-8(6-15-17)9-4-5-14-10(13)16-9/h4-7H,1-3H3. The van der Waals surface area contributed by atoms with Gasteiger partial charge in [-0.1, -0.05) is 0 Å². The van der Waals surface area contributed by atoms with Crippen LogP contribution in [0, 0.1) is 0 Å². The molecule has 0 radical (unpaired) electrons. The van der Waals surface area contributed by atoms with Crippen molar-refractivity contribution in [1.29, 1.82) is 0 Å². The molecule has 0 aliphatic heterocycles. The van der Waals surface area contributed by atoms with Crippen molar-refractivity contribution in [2.75, 3.05) is 0 Å². The highest BCUT2D eigenvalue weighted by Crippen LogP contribution is 2.17. The highest BCUT2D eigenvalue weighted by Gasteiger charge is 2.18. The van der Waals surface area contributed by atoms with E-state index < -0.39 is 11.7 Å². The molecule has 2 aromatic rings. The second-order valence-electron chi connectivity index (χ2n) is 4.86. The summed E-state index contributed by atoms with van der Waals surface area (Å²) in [5, 5.41) is 4.09. The summed E-state index contributed by atoms with van der Waals surface area (Å²) < 4.78 is 6.32. The summed E-state index contributed by atoms with van der Waals surface area (Å²) >= 11 is 5.71. The molecule has 0 N–H and O–H groups in total. The van der Waals surface area contributed by atoms with Gasteiger partial charge in [0.1, 0.15) is 5.60 Å². The summed E-state index contributed by atoms with van der Waals surface area (Å²) in [5.41, 5.74) is 0.687. The molecule has 0 saturated carbocycles. The van der Waals surface area contributed by atoms with Crippen molar-refractivity contribution in [3.63, 3.8) is 0 Å². The Morgan fingerprint density at radius 3 is 2.79 bits per heavy atom. The molecular formula is C12H13ClN4O2. The number of halogens is 1. The number of ether oxygens (including phenoxy) is 1. The van der Waals surface area contributed by atoms with Crippen LogP contribution < -0.4 is 0 Å². The Hall–Kier alpha value is -1.95. The third-order valence-corrected chi connectivity index (χ3v) is 2.27. The van der Waals surface area contributed by atoms with Crippen LogP contribution in [0.5, 0.6) is 0 Å². The van der Waals surface area contributed by atoms with Crippen LogP contribution in [0.2, 0.25) is 5.28 Å². The second kappa shape index (κ2) is 4.97. The molecule has 0 saturated heterocycles. The number of hydrogen-bond acceptors (Lipinski definition) is 5. The molecular weight excluding hydrogens is 268 g/mol. The lowest BCUT2D eigenvalue weighted by Gasteiger charge is -2.18. The lowest BCUT2D eigenvalue weighted by molar-refractivity contribution is 0.0514. The zero-order valence-electron chi connectivity index (χ0n) is 10.8. The highest BCUT2D eigenvalue weighted by atomic mass is 35.5. The van der Waals surface area contributed by atoms with Gasteiger partial charge < -0.3 is 4.74 Å². The van der Waals surface area contributed by atoms with E-state index in [1.807, 2.05) is 0 Å². The largest absolute Gasteiger partial charge is 0.442 e. The molecule has 0 aromatic carbocycles. The fourth-order valence-electron chi connectivity index (χ4n) is 1.36. The molecule has 2 heterocycles. The van der Waals surface area contributed by atoms with E-state index in [-0.39, 0.29) is 5.28 Å². The first-order chi connectivity index (χ1) is 8.85. The van der Waals surface area contributed by atoms with Crippen molar-refractivity contribution >= 4 is 17.7 Å². The smallest absolute Gasteiger partial charge is 0.435 e. The van der Waals surface area contributed by atoms with Crippen LogP contribution in [0.4, 0.5) is 4.79 Å². The fourth-order valence-corrected chi connectivity index (χ4v) is 1.51. The minimum Gasteiger partial charge on any atom is -0.442 e. The van der Waals surface area contributed by atoms with Gasteiger partial charge in [0.15, 0.2) is 0 Å². The Morgan fingerprint density at radius 1 is 1.42 bits per heavy atom. The van der Waals surface area contributed by atoms with E-state index in [2.05, 4.69) is 15.1 Å². The summed E-state index contributed by atoms with van der Waals surface area (Å²) in [7, 11) is 0. The third kappa shape index (κ3) is 3.51. The topological polar surface area (TPSA) is 69.9 Å². The summed E-state index contributed by atoms with van der Waals surface area (Å²) in [6, 6.07) is 1.68. The van der Waals surface area contributed by atoms with E-state index in [9.17, 15) is 4.79 Å². The van der Waals surface area contributed by atoms with E-state index in [1.54, 1.807) is 26.8 Å². The molecule has 0 atom stereocenters. The maximum absolute atomic E-state index is 11.8. The minimum absolute atomic E-state index is 0.141. The van der Waals surface area contributed by atoms with Crippen molar-refractivity contribution in [3.8, 4) is 11.3 Å². The SMILES string of the molecule is CC(C)(C)OC(=O)n1cc(-c2ccnc(Cl)n2)cn1. The molecule has 0 aliphatic rings. The Kier molecular flexibility index (Phi) is 3.53. The number of rotatable bonds is 1. The summed E-state index contributed by atoms with van der Waals surface area (Å²) in [6.07, 6.45) is 4.05. The van der Waals surface area contributed by atoms with E-state index in [4.69, 9.17) is 16.3 Å². The van der Waals surface area contributed by atoms with Gasteiger partial charge in [-0.05, 0) is 38.4 Å². The van der Waals surface area contributed by atoms with E-state index in [1.165, 1.54) is 18.6 Å². The maximum atomic E-state index is 11.8. The number of carbonyl (C=O) groups excluding carboxylic acids is 1. The molecule has 2 aromatic heterocycles. The second-order valence-corrected chi connectivity index (χ2v) is 5.20. The molecule has 0 unspecified atom stereocenters. The summed E-state index contributed by atoms with van der Waals surface area (Å²) in [6.45, 7) is 5.37. The lowest BCUT2D eigenvalue weighted by Crippen LogP contribution is -2.27. The van der Waals surface area contributed by atoms with Crippen molar-refractivity contribution in [2.45, 2.75) is 26.4 Å². The molecule has 0 fully saturated rings. The van der Waals surface area contributed by atoms with Crippen molar-refractivity contribution in [2.24, 2.45) is 0 Å². The van der Waals surface area contributed by atoms with Gasteiger partial charge in [0.05, 0.1) is 11.9 Å². The quantitative estimate of drug-likeness (QED) is 0.751. The van der Waals surface area contributed by atoms with Gasteiger partial charge in [0.25, 0.3) is 0 Å². The predicted octanol–water partition coefficient (Wildman–Crippen LogP) is 2.78. The molecule has 2 rings (SSSR count). The normalized spacial score (nSPS) is 11.4. The monoisotopic (exact) mass is 280 g/mol. The van der Waals surface area contributed by atoms with Crippen molar-refractivity contribution in [3.05, 3.63) is 29.9 Å². The van der Waals surface area contributed by atoms with Gasteiger partial charge in [0.2, 0.25) is 5.28 Å². The Labute approximate surface area is 115 Å². The van der Waals surface area contributed by atoms with Gasteiger partial charge in [0, 0.05) is 18.0 Å². The third-order valence-electron chi connectivity index (χ3n) is 2.09. The first-order valence-electron chi connectivity index (χ1n) is 5.62. The lowest BCUT2D eigenvalue weighted by atomic mass is 10.2. The van der Waals surface area contributed by atoms with Crippen LogP contribution in [0.15, 0.2) is 24.7 Å². The van der Waals surface area contributed by atoms with Gasteiger partial charge in [-0.3, -0.25) is 0 Å². The molecule has 100 valence electrons. The van der Waals surface area contributed by atoms with Crippen molar-refractivity contribution in [1.82, 2.24) is 19.7 Å². The molecule has 19 heavy (non-hydrogen) atoms. The first kappa shape index (κ1) is 13.5. The van der Waals surface area contributed by atoms with Crippen LogP contribution in [-0.4, -0.2) is 31.4 Å². The van der Waals surface area contributed by atoms with Crippen LogP contribution in [0.1, 0.15) is 20.8 Å². The average Bonchev–Trinajstić information content (AvgIpc) is 2.75. The number of nitrogens with zero attached hydrogens (tertiary/aromatic N) is 4. The van der Waals surface area contributed by atoms with Crippen molar-refractivity contribution < 1.29 is 9.53 Å². The minimum atomic E-state index is -0.568. The molecule has 0 amide bonds. The van der Waals surface area contributed by atoms with Gasteiger partial charge in [-0.25, -0.2) is 14.8 Å². The fraction of sp³-hybridized carbons (Fsp3) is 0.333. The molecule has 0 bridgehead atoms. The highest BCUT2D eigenvalue weighted by molar-refractivity contribution is 6.28. The molecule has 6 nitrogen and oxygen atoms in total. The van der Waals surface area contributed by atoms with E-state index in [0.717, 1.165) is 4.68 Å². The molecule has 0 spiro atoms. The number of carbonyl (C=O) groups is 1. The van der Waals surface area contributed by atoms with E-state index in [0.29, 0.717) is 11.3 Å². The van der Waals surface area contributed by atoms with Crippen LogP contribution in [0.3, 0.4) is 0 Å². The maximum Gasteiger partial charge on any atom is 0.435 e. The number of aromatic nitrogens is 4. The summed E-state index contributed by atoms with van der Waals surface area (Å²) in [5.74, 6) is 0. The van der Waals surface area contributed by atoms with Crippen LogP contribution in [-0.2, 0) is 4.74 Å². The van der Waals surface area contributed by atoms with Gasteiger partial charge in [-0.15, -0.1) is 0 Å². The number of hydrogen-bond donors (Lipinski definition) is 0. The van der Waals surface area contributed by atoms with Crippen LogP contribution >= 0.6 is 11.6 Å².